The largest absolute Gasteiger partial charge is 0.300 e. The van der Waals surface area contributed by atoms with Crippen molar-refractivity contribution in [1.82, 2.24) is 4.90 Å². The minimum Gasteiger partial charge on any atom is -0.300 e. The number of nitriles is 1. The minimum atomic E-state index is 0.699. The molecule has 0 spiro atoms. The molecule has 2 rings (SSSR count). The van der Waals surface area contributed by atoms with E-state index in [1.54, 1.807) is 0 Å². The zero-order valence-corrected chi connectivity index (χ0v) is 7.50. The van der Waals surface area contributed by atoms with Crippen LogP contribution in [0.4, 0.5) is 0 Å². The van der Waals surface area contributed by atoms with Crippen molar-refractivity contribution < 1.29 is 0 Å². The molecule has 0 aromatic carbocycles. The molecule has 1 heterocycles. The van der Waals surface area contributed by atoms with Crippen LogP contribution in [0.1, 0.15) is 32.1 Å². The molecule has 0 bridgehead atoms. The van der Waals surface area contributed by atoms with Gasteiger partial charge in [-0.2, -0.15) is 5.26 Å². The van der Waals surface area contributed by atoms with Gasteiger partial charge in [0.05, 0.1) is 6.07 Å². The van der Waals surface area contributed by atoms with Crippen LogP contribution < -0.4 is 0 Å². The molecule has 0 atom stereocenters. The Hall–Kier alpha value is -0.550. The number of piperidine rings is 1. The second-order valence-electron chi connectivity index (χ2n) is 4.07. The van der Waals surface area contributed by atoms with Crippen molar-refractivity contribution in [2.45, 2.75) is 38.1 Å². The topological polar surface area (TPSA) is 27.0 Å². The summed E-state index contributed by atoms with van der Waals surface area (Å²) in [7, 11) is 0. The molecule has 2 heteroatoms. The Morgan fingerprint density at radius 2 is 1.83 bits per heavy atom. The molecule has 66 valence electrons. The normalized spacial score (nSPS) is 26.9. The number of rotatable bonds is 2. The molecule has 0 aromatic heterocycles. The average molecular weight is 164 g/mol. The third-order valence-electron chi connectivity index (χ3n) is 3.09. The van der Waals surface area contributed by atoms with E-state index in [1.165, 1.54) is 38.8 Å². The minimum absolute atomic E-state index is 0.699. The quantitative estimate of drug-likeness (QED) is 0.622. The smallest absolute Gasteiger partial charge is 0.0624 e. The Morgan fingerprint density at radius 3 is 2.33 bits per heavy atom. The van der Waals surface area contributed by atoms with E-state index in [1.807, 2.05) is 0 Å². The fourth-order valence-corrected chi connectivity index (χ4v) is 2.09. The van der Waals surface area contributed by atoms with Gasteiger partial charge < -0.3 is 4.90 Å². The molecule has 1 aliphatic heterocycles. The molecule has 1 saturated heterocycles. The summed E-state index contributed by atoms with van der Waals surface area (Å²) >= 11 is 0. The third-order valence-corrected chi connectivity index (χ3v) is 3.09. The fraction of sp³-hybridized carbons (Fsp3) is 0.900. The Bertz CT molecular complexity index is 183. The van der Waals surface area contributed by atoms with Crippen molar-refractivity contribution in [3.63, 3.8) is 0 Å². The van der Waals surface area contributed by atoms with Gasteiger partial charge in [0.1, 0.15) is 0 Å². The first kappa shape index (κ1) is 8.07. The molecular weight excluding hydrogens is 148 g/mol. The maximum absolute atomic E-state index is 8.54. The molecule has 0 unspecified atom stereocenters. The van der Waals surface area contributed by atoms with Crippen molar-refractivity contribution in [3.8, 4) is 6.07 Å². The van der Waals surface area contributed by atoms with Crippen molar-refractivity contribution in [1.29, 1.82) is 5.26 Å². The zero-order valence-electron chi connectivity index (χ0n) is 7.50. The molecule has 2 aliphatic rings. The van der Waals surface area contributed by atoms with E-state index in [2.05, 4.69) is 11.0 Å². The maximum atomic E-state index is 8.54. The Labute approximate surface area is 74.2 Å². The number of hydrogen-bond acceptors (Lipinski definition) is 2. The van der Waals surface area contributed by atoms with Crippen LogP contribution in [0.3, 0.4) is 0 Å². The Kier molecular flexibility index (Phi) is 2.32. The highest BCUT2D eigenvalue weighted by molar-refractivity contribution is 4.88. The number of hydrogen-bond donors (Lipinski definition) is 0. The monoisotopic (exact) mass is 164 g/mol. The van der Waals surface area contributed by atoms with Gasteiger partial charge in [0.2, 0.25) is 0 Å². The van der Waals surface area contributed by atoms with Crippen LogP contribution >= 0.6 is 0 Å². The Morgan fingerprint density at radius 1 is 1.17 bits per heavy atom. The van der Waals surface area contributed by atoms with Gasteiger partial charge >= 0.3 is 0 Å². The predicted molar refractivity (Wildman–Crippen MR) is 47.5 cm³/mol. The van der Waals surface area contributed by atoms with Gasteiger partial charge in [0, 0.05) is 12.5 Å². The van der Waals surface area contributed by atoms with E-state index in [0.717, 1.165) is 12.5 Å². The molecular formula is C10H16N2. The summed E-state index contributed by atoms with van der Waals surface area (Å²) in [5.41, 5.74) is 0. The van der Waals surface area contributed by atoms with Crippen molar-refractivity contribution in [2.24, 2.45) is 5.92 Å². The van der Waals surface area contributed by atoms with Gasteiger partial charge in [0.25, 0.3) is 0 Å². The lowest BCUT2D eigenvalue weighted by atomic mass is 9.94. The summed E-state index contributed by atoms with van der Waals surface area (Å²) < 4.78 is 0. The summed E-state index contributed by atoms with van der Waals surface area (Å²) in [5, 5.41) is 8.54. The van der Waals surface area contributed by atoms with Gasteiger partial charge in [-0.3, -0.25) is 0 Å². The van der Waals surface area contributed by atoms with Crippen LogP contribution in [-0.2, 0) is 0 Å². The molecule has 0 aromatic rings. The lowest BCUT2D eigenvalue weighted by molar-refractivity contribution is 0.178. The van der Waals surface area contributed by atoms with Crippen LogP contribution in [0, 0.1) is 17.2 Å². The number of nitrogens with zero attached hydrogens (tertiary/aromatic N) is 2. The highest BCUT2D eigenvalue weighted by Gasteiger charge is 2.31. The van der Waals surface area contributed by atoms with Crippen molar-refractivity contribution in [3.05, 3.63) is 0 Å². The van der Waals surface area contributed by atoms with E-state index in [9.17, 15) is 0 Å². The van der Waals surface area contributed by atoms with Gasteiger partial charge in [-0.15, -0.1) is 0 Å². The lowest BCUT2D eigenvalue weighted by Gasteiger charge is -2.30. The lowest BCUT2D eigenvalue weighted by Crippen LogP contribution is -2.35. The second kappa shape index (κ2) is 3.45. The first-order valence-electron chi connectivity index (χ1n) is 5.01. The number of likely N-dealkylation sites (tertiary alicyclic amines) is 1. The molecule has 12 heavy (non-hydrogen) atoms. The van der Waals surface area contributed by atoms with Crippen LogP contribution in [0.15, 0.2) is 0 Å². The third kappa shape index (κ3) is 1.78. The van der Waals surface area contributed by atoms with E-state index in [4.69, 9.17) is 5.26 Å². The highest BCUT2D eigenvalue weighted by Crippen LogP contribution is 2.31. The molecule has 0 amide bonds. The van der Waals surface area contributed by atoms with Crippen LogP contribution in [-0.4, -0.2) is 24.0 Å². The second-order valence-corrected chi connectivity index (χ2v) is 4.07. The predicted octanol–water partition coefficient (Wildman–Crippen LogP) is 1.77. The standard InChI is InChI=1S/C10H16N2/c11-6-3-9-4-7-12(8-5-9)10-1-2-10/h9-10H,1-5,7-8H2. The molecule has 2 fully saturated rings. The van der Waals surface area contributed by atoms with E-state index in [0.29, 0.717) is 5.92 Å². The SMILES string of the molecule is N#CCC1CCN(C2CC2)CC1. The molecule has 1 aliphatic carbocycles. The fourth-order valence-electron chi connectivity index (χ4n) is 2.09. The zero-order chi connectivity index (χ0) is 8.39. The highest BCUT2D eigenvalue weighted by atomic mass is 15.2. The molecule has 1 saturated carbocycles. The Balaban J connectivity index is 1.73. The van der Waals surface area contributed by atoms with Crippen molar-refractivity contribution >= 4 is 0 Å². The molecule has 0 N–H and O–H groups in total. The first-order chi connectivity index (χ1) is 5.90. The molecule has 2 nitrogen and oxygen atoms in total. The summed E-state index contributed by atoms with van der Waals surface area (Å²) in [4.78, 5) is 2.61. The summed E-state index contributed by atoms with van der Waals surface area (Å²) in [5.74, 6) is 0.699. The van der Waals surface area contributed by atoms with Gasteiger partial charge in [0.15, 0.2) is 0 Å². The van der Waals surface area contributed by atoms with Crippen LogP contribution in [0.5, 0.6) is 0 Å². The summed E-state index contributed by atoms with van der Waals surface area (Å²) in [6.07, 6.45) is 6.12. The first-order valence-corrected chi connectivity index (χ1v) is 5.01. The van der Waals surface area contributed by atoms with Crippen molar-refractivity contribution in [2.75, 3.05) is 13.1 Å². The van der Waals surface area contributed by atoms with E-state index >= 15 is 0 Å². The summed E-state index contributed by atoms with van der Waals surface area (Å²) in [6, 6.07) is 3.20. The van der Waals surface area contributed by atoms with Crippen LogP contribution in [0.25, 0.3) is 0 Å². The van der Waals surface area contributed by atoms with E-state index < -0.39 is 0 Å². The average Bonchev–Trinajstić information content (AvgIpc) is 2.89. The van der Waals surface area contributed by atoms with Gasteiger partial charge in [-0.05, 0) is 44.7 Å². The summed E-state index contributed by atoms with van der Waals surface area (Å²) in [6.45, 7) is 2.49. The van der Waals surface area contributed by atoms with E-state index in [-0.39, 0.29) is 0 Å². The van der Waals surface area contributed by atoms with Crippen LogP contribution in [0.2, 0.25) is 0 Å². The van der Waals surface area contributed by atoms with Gasteiger partial charge in [-0.1, -0.05) is 0 Å². The maximum Gasteiger partial charge on any atom is 0.0624 e. The molecule has 0 radical (unpaired) electrons. The van der Waals surface area contributed by atoms with Gasteiger partial charge in [-0.25, -0.2) is 0 Å².